The van der Waals surface area contributed by atoms with Crippen molar-refractivity contribution in [3.05, 3.63) is 87.3 Å². The Kier molecular flexibility index (Phi) is 5.44. The number of methoxy groups -OCH3 is 1. The molecule has 148 valence electrons. The second-order valence-electron chi connectivity index (χ2n) is 6.56. The van der Waals surface area contributed by atoms with Crippen LogP contribution in [0.5, 0.6) is 11.5 Å². The molecule has 4 rings (SSSR count). The Balaban J connectivity index is 1.57. The SMILES string of the molecule is COc1cc(Cl)cc(CNc2ccc3[nH]c(=O)[nH]c3c2)c1OCc1ccccc1. The molecule has 7 heteroatoms. The van der Waals surface area contributed by atoms with Crippen molar-refractivity contribution in [3.63, 3.8) is 0 Å². The minimum Gasteiger partial charge on any atom is -0.493 e. The van der Waals surface area contributed by atoms with Crippen molar-refractivity contribution in [1.29, 1.82) is 0 Å². The van der Waals surface area contributed by atoms with E-state index in [0.717, 1.165) is 27.8 Å². The standard InChI is InChI=1S/C22H20ClN3O3/c1-28-20-10-16(23)9-15(21(20)29-13-14-5-3-2-4-6-14)12-24-17-7-8-18-19(11-17)26-22(27)25-18/h2-11,24H,12-13H2,1H3,(H2,25,26,27). The van der Waals surface area contributed by atoms with Gasteiger partial charge in [0.2, 0.25) is 0 Å². The molecule has 0 saturated carbocycles. The fourth-order valence-electron chi connectivity index (χ4n) is 3.14. The van der Waals surface area contributed by atoms with Crippen LogP contribution >= 0.6 is 11.6 Å². The number of rotatable bonds is 7. The van der Waals surface area contributed by atoms with Gasteiger partial charge in [-0.1, -0.05) is 41.9 Å². The summed E-state index contributed by atoms with van der Waals surface area (Å²) in [6.07, 6.45) is 0. The first kappa shape index (κ1) is 19.0. The van der Waals surface area contributed by atoms with E-state index in [1.54, 1.807) is 13.2 Å². The maximum absolute atomic E-state index is 11.4. The maximum Gasteiger partial charge on any atom is 0.323 e. The molecule has 0 amide bonds. The van der Waals surface area contributed by atoms with Crippen molar-refractivity contribution in [2.75, 3.05) is 12.4 Å². The van der Waals surface area contributed by atoms with Gasteiger partial charge in [-0.25, -0.2) is 4.79 Å². The number of benzene rings is 3. The number of H-pyrrole nitrogens is 2. The van der Waals surface area contributed by atoms with Gasteiger partial charge >= 0.3 is 5.69 Å². The Morgan fingerprint density at radius 2 is 1.79 bits per heavy atom. The molecule has 0 unspecified atom stereocenters. The first-order valence-electron chi connectivity index (χ1n) is 9.11. The summed E-state index contributed by atoms with van der Waals surface area (Å²) in [6, 6.07) is 19.1. The van der Waals surface area contributed by atoms with Crippen LogP contribution in [0.2, 0.25) is 5.02 Å². The Hall–Kier alpha value is -3.38. The van der Waals surface area contributed by atoms with Gasteiger partial charge in [-0.2, -0.15) is 0 Å². The molecule has 0 aliphatic heterocycles. The highest BCUT2D eigenvalue weighted by Crippen LogP contribution is 2.36. The molecule has 1 heterocycles. The number of aromatic amines is 2. The minimum absolute atomic E-state index is 0.228. The van der Waals surface area contributed by atoms with Gasteiger partial charge in [-0.05, 0) is 29.8 Å². The van der Waals surface area contributed by atoms with Crippen molar-refractivity contribution in [2.24, 2.45) is 0 Å². The van der Waals surface area contributed by atoms with Crippen LogP contribution in [0.1, 0.15) is 11.1 Å². The third kappa shape index (κ3) is 4.38. The van der Waals surface area contributed by atoms with Gasteiger partial charge in [-0.15, -0.1) is 0 Å². The van der Waals surface area contributed by atoms with Crippen LogP contribution in [0.15, 0.2) is 65.5 Å². The summed E-state index contributed by atoms with van der Waals surface area (Å²) in [6.45, 7) is 0.892. The molecule has 0 aliphatic carbocycles. The zero-order valence-electron chi connectivity index (χ0n) is 15.8. The van der Waals surface area contributed by atoms with Gasteiger partial charge in [0.15, 0.2) is 11.5 Å². The van der Waals surface area contributed by atoms with Crippen LogP contribution in [0.25, 0.3) is 11.0 Å². The molecule has 0 spiro atoms. The quantitative estimate of drug-likeness (QED) is 0.413. The molecular formula is C22H20ClN3O3. The van der Waals surface area contributed by atoms with E-state index in [0.29, 0.717) is 29.7 Å². The molecule has 6 nitrogen and oxygen atoms in total. The van der Waals surface area contributed by atoms with Crippen LogP contribution < -0.4 is 20.5 Å². The number of ether oxygens (including phenoxy) is 2. The Morgan fingerprint density at radius 1 is 1.00 bits per heavy atom. The molecule has 0 atom stereocenters. The van der Waals surface area contributed by atoms with Gasteiger partial charge in [0, 0.05) is 28.9 Å². The van der Waals surface area contributed by atoms with Crippen molar-refractivity contribution in [2.45, 2.75) is 13.2 Å². The number of anilines is 1. The zero-order chi connectivity index (χ0) is 20.2. The second-order valence-corrected chi connectivity index (χ2v) is 7.00. The van der Waals surface area contributed by atoms with Crippen molar-refractivity contribution >= 4 is 28.3 Å². The van der Waals surface area contributed by atoms with Crippen LogP contribution in [-0.2, 0) is 13.2 Å². The maximum atomic E-state index is 11.4. The number of nitrogens with one attached hydrogen (secondary N) is 3. The number of halogens is 1. The van der Waals surface area contributed by atoms with Crippen LogP contribution in [-0.4, -0.2) is 17.1 Å². The van der Waals surface area contributed by atoms with Gasteiger partial charge < -0.3 is 24.8 Å². The van der Waals surface area contributed by atoms with Crippen LogP contribution in [0.3, 0.4) is 0 Å². The summed E-state index contributed by atoms with van der Waals surface area (Å²) in [5.74, 6) is 1.22. The molecule has 1 aromatic heterocycles. The summed E-state index contributed by atoms with van der Waals surface area (Å²) >= 11 is 6.27. The fraction of sp³-hybridized carbons (Fsp3) is 0.136. The average molecular weight is 410 g/mol. The predicted octanol–water partition coefficient (Wildman–Crippen LogP) is 4.71. The lowest BCUT2D eigenvalue weighted by molar-refractivity contribution is 0.281. The number of fused-ring (bicyclic) bond motifs is 1. The molecular weight excluding hydrogens is 390 g/mol. The predicted molar refractivity (Wildman–Crippen MR) is 115 cm³/mol. The van der Waals surface area contributed by atoms with Gasteiger partial charge in [0.05, 0.1) is 18.1 Å². The van der Waals surface area contributed by atoms with Gasteiger partial charge in [-0.3, -0.25) is 0 Å². The van der Waals surface area contributed by atoms with Crippen LogP contribution in [0, 0.1) is 0 Å². The van der Waals surface area contributed by atoms with Crippen molar-refractivity contribution in [3.8, 4) is 11.5 Å². The number of hydrogen-bond donors (Lipinski definition) is 3. The van der Waals surface area contributed by atoms with Gasteiger partial charge in [0.25, 0.3) is 0 Å². The molecule has 29 heavy (non-hydrogen) atoms. The van der Waals surface area contributed by atoms with E-state index in [2.05, 4.69) is 15.3 Å². The Labute approximate surface area is 172 Å². The summed E-state index contributed by atoms with van der Waals surface area (Å²) in [4.78, 5) is 16.9. The lowest BCUT2D eigenvalue weighted by Crippen LogP contribution is -2.05. The van der Waals surface area contributed by atoms with E-state index in [1.807, 2.05) is 54.6 Å². The molecule has 0 radical (unpaired) electrons. The van der Waals surface area contributed by atoms with E-state index in [4.69, 9.17) is 21.1 Å². The lowest BCUT2D eigenvalue weighted by Gasteiger charge is -2.17. The van der Waals surface area contributed by atoms with E-state index in [9.17, 15) is 4.79 Å². The highest BCUT2D eigenvalue weighted by Gasteiger charge is 2.14. The van der Waals surface area contributed by atoms with Crippen molar-refractivity contribution in [1.82, 2.24) is 9.97 Å². The Morgan fingerprint density at radius 3 is 2.59 bits per heavy atom. The van der Waals surface area contributed by atoms with E-state index >= 15 is 0 Å². The Bertz CT molecular complexity index is 1190. The molecule has 3 N–H and O–H groups in total. The molecule has 4 aromatic rings. The summed E-state index contributed by atoms with van der Waals surface area (Å²) in [5, 5.41) is 3.92. The summed E-state index contributed by atoms with van der Waals surface area (Å²) in [7, 11) is 1.59. The fourth-order valence-corrected chi connectivity index (χ4v) is 3.37. The first-order chi connectivity index (χ1) is 14.1. The topological polar surface area (TPSA) is 79.1 Å². The zero-order valence-corrected chi connectivity index (χ0v) is 16.5. The third-order valence-corrected chi connectivity index (χ3v) is 4.76. The summed E-state index contributed by atoms with van der Waals surface area (Å²) in [5.41, 5.74) is 4.06. The molecule has 0 saturated heterocycles. The van der Waals surface area contributed by atoms with Gasteiger partial charge in [0.1, 0.15) is 6.61 Å². The molecule has 3 aromatic carbocycles. The smallest absolute Gasteiger partial charge is 0.323 e. The molecule has 0 bridgehead atoms. The minimum atomic E-state index is -0.228. The normalized spacial score (nSPS) is 10.8. The largest absolute Gasteiger partial charge is 0.493 e. The molecule has 0 aliphatic rings. The average Bonchev–Trinajstić information content (AvgIpc) is 3.11. The lowest BCUT2D eigenvalue weighted by atomic mass is 10.1. The number of imidazole rings is 1. The van der Waals surface area contributed by atoms with E-state index in [-0.39, 0.29) is 5.69 Å². The van der Waals surface area contributed by atoms with E-state index in [1.165, 1.54) is 0 Å². The number of hydrogen-bond acceptors (Lipinski definition) is 4. The van der Waals surface area contributed by atoms with E-state index < -0.39 is 0 Å². The number of aromatic nitrogens is 2. The van der Waals surface area contributed by atoms with Crippen LogP contribution in [0.4, 0.5) is 5.69 Å². The highest BCUT2D eigenvalue weighted by atomic mass is 35.5. The highest BCUT2D eigenvalue weighted by molar-refractivity contribution is 6.30. The monoisotopic (exact) mass is 409 g/mol. The third-order valence-electron chi connectivity index (χ3n) is 4.54. The first-order valence-corrected chi connectivity index (χ1v) is 9.49. The van der Waals surface area contributed by atoms with Crippen molar-refractivity contribution < 1.29 is 9.47 Å². The second kappa shape index (κ2) is 8.32. The summed E-state index contributed by atoms with van der Waals surface area (Å²) < 4.78 is 11.6. The molecule has 0 fully saturated rings.